The molecule has 2 fully saturated rings. The van der Waals surface area contributed by atoms with Gasteiger partial charge in [0.1, 0.15) is 17.5 Å². The molecule has 0 aliphatic carbocycles. The zero-order valence-electron chi connectivity index (χ0n) is 22.8. The van der Waals surface area contributed by atoms with E-state index in [1.807, 2.05) is 24.3 Å². The number of carbonyl (C=O) groups is 2. The number of ketones is 1. The van der Waals surface area contributed by atoms with Gasteiger partial charge in [-0.25, -0.2) is 8.78 Å². The number of rotatable bonds is 8. The molecular formula is C32H32F2N4O3. The quantitative estimate of drug-likeness (QED) is 0.344. The molecule has 2 aliphatic rings. The van der Waals surface area contributed by atoms with Crippen LogP contribution in [0.2, 0.25) is 0 Å². The lowest BCUT2D eigenvalue weighted by Crippen LogP contribution is -2.41. The first kappa shape index (κ1) is 28.4. The summed E-state index contributed by atoms with van der Waals surface area (Å²) in [4.78, 5) is 34.3. The van der Waals surface area contributed by atoms with Gasteiger partial charge in [0.2, 0.25) is 0 Å². The average molecular weight is 559 g/mol. The summed E-state index contributed by atoms with van der Waals surface area (Å²) in [6.45, 7) is 3.61. The van der Waals surface area contributed by atoms with Crippen molar-refractivity contribution < 1.29 is 23.1 Å². The smallest absolute Gasteiger partial charge is 0.255 e. The maximum atomic E-state index is 13.4. The third-order valence-electron chi connectivity index (χ3n) is 7.89. The number of amides is 1. The van der Waals surface area contributed by atoms with Crippen LogP contribution in [0, 0.1) is 28.9 Å². The maximum Gasteiger partial charge on any atom is 0.255 e. The minimum Gasteiger partial charge on any atom is -0.490 e. The summed E-state index contributed by atoms with van der Waals surface area (Å²) in [5.41, 5.74) is 2.64. The zero-order valence-corrected chi connectivity index (χ0v) is 22.8. The fourth-order valence-corrected chi connectivity index (χ4v) is 5.45. The number of benzene rings is 2. The van der Waals surface area contributed by atoms with E-state index in [0.29, 0.717) is 55.1 Å². The second-order valence-corrected chi connectivity index (χ2v) is 10.8. The Balaban J connectivity index is 1.05. The van der Waals surface area contributed by atoms with Crippen LogP contribution in [0.3, 0.4) is 0 Å². The van der Waals surface area contributed by atoms with Crippen molar-refractivity contribution in [2.24, 2.45) is 5.92 Å². The number of carbonyl (C=O) groups excluding carboxylic acids is 2. The molecule has 0 atom stereocenters. The number of Topliss-reactive ketones (excluding diaryl/α,β-unsaturated/α-hetero) is 1. The van der Waals surface area contributed by atoms with E-state index >= 15 is 0 Å². The lowest BCUT2D eigenvalue weighted by molar-refractivity contribution is 0.0594. The van der Waals surface area contributed by atoms with Crippen LogP contribution in [0.1, 0.15) is 64.1 Å². The Kier molecular flexibility index (Phi) is 9.00. The Bertz CT molecular complexity index is 1410. The molecule has 0 unspecified atom stereocenters. The molecule has 9 heteroatoms. The molecule has 0 spiro atoms. The standard InChI is InChI=1S/C32H32F2N4O3/c33-28-7-6-27(18-29(28)34)41-26-11-15-38(16-12-26)32(40)25-5-8-30(36-20-25)31(39)17-22-9-13-37(14-10-22)21-24-3-1-23(19-35)2-4-24/h1-8,18,20,22,26H,9-17,21H2. The summed E-state index contributed by atoms with van der Waals surface area (Å²) in [6, 6.07) is 16.6. The number of nitriles is 1. The topological polar surface area (TPSA) is 86.5 Å². The number of hydrogen-bond donors (Lipinski definition) is 0. The molecule has 2 saturated heterocycles. The Morgan fingerprint density at radius 1 is 0.927 bits per heavy atom. The van der Waals surface area contributed by atoms with E-state index in [4.69, 9.17) is 10.00 Å². The molecule has 212 valence electrons. The first-order chi connectivity index (χ1) is 19.9. The normalized spacial score (nSPS) is 16.8. The van der Waals surface area contributed by atoms with Crippen LogP contribution in [0.5, 0.6) is 5.75 Å². The number of likely N-dealkylation sites (tertiary alicyclic amines) is 2. The van der Waals surface area contributed by atoms with E-state index in [1.165, 1.54) is 17.8 Å². The van der Waals surface area contributed by atoms with Crippen LogP contribution in [-0.4, -0.2) is 58.8 Å². The maximum absolute atomic E-state index is 13.4. The predicted octanol–water partition coefficient (Wildman–Crippen LogP) is 5.40. The number of halogens is 2. The van der Waals surface area contributed by atoms with Gasteiger partial charge in [-0.2, -0.15) is 5.26 Å². The number of piperidine rings is 2. The molecule has 0 N–H and O–H groups in total. The molecule has 0 saturated carbocycles. The van der Waals surface area contributed by atoms with Gasteiger partial charge in [-0.1, -0.05) is 12.1 Å². The number of pyridine rings is 1. The van der Waals surface area contributed by atoms with Gasteiger partial charge in [0.25, 0.3) is 5.91 Å². The highest BCUT2D eigenvalue weighted by Gasteiger charge is 2.26. The monoisotopic (exact) mass is 558 g/mol. The molecule has 0 radical (unpaired) electrons. The van der Waals surface area contributed by atoms with E-state index in [-0.39, 0.29) is 23.5 Å². The molecular weight excluding hydrogens is 526 g/mol. The highest BCUT2D eigenvalue weighted by atomic mass is 19.2. The van der Waals surface area contributed by atoms with Crippen molar-refractivity contribution in [1.29, 1.82) is 5.26 Å². The van der Waals surface area contributed by atoms with Gasteiger partial charge < -0.3 is 9.64 Å². The van der Waals surface area contributed by atoms with E-state index in [1.54, 1.807) is 17.0 Å². The third-order valence-corrected chi connectivity index (χ3v) is 7.89. The Hall–Kier alpha value is -4.16. The molecule has 0 bridgehead atoms. The van der Waals surface area contributed by atoms with Crippen molar-refractivity contribution in [1.82, 2.24) is 14.8 Å². The molecule has 3 aromatic rings. The summed E-state index contributed by atoms with van der Waals surface area (Å²) in [7, 11) is 0. The lowest BCUT2D eigenvalue weighted by atomic mass is 9.90. The van der Waals surface area contributed by atoms with Gasteiger partial charge in [-0.15, -0.1) is 0 Å². The van der Waals surface area contributed by atoms with Gasteiger partial charge in [0.15, 0.2) is 17.4 Å². The summed E-state index contributed by atoms with van der Waals surface area (Å²) in [6.07, 6.45) is 4.74. The van der Waals surface area contributed by atoms with Crippen LogP contribution in [-0.2, 0) is 6.54 Å². The van der Waals surface area contributed by atoms with Crippen molar-refractivity contribution >= 4 is 11.7 Å². The van der Waals surface area contributed by atoms with E-state index < -0.39 is 11.6 Å². The Morgan fingerprint density at radius 3 is 2.29 bits per heavy atom. The number of hydrogen-bond acceptors (Lipinski definition) is 6. The fourth-order valence-electron chi connectivity index (χ4n) is 5.45. The number of aromatic nitrogens is 1. The predicted molar refractivity (Wildman–Crippen MR) is 148 cm³/mol. The second kappa shape index (κ2) is 13.0. The van der Waals surface area contributed by atoms with E-state index in [0.717, 1.165) is 44.6 Å². The van der Waals surface area contributed by atoms with Gasteiger partial charge >= 0.3 is 0 Å². The number of nitrogens with zero attached hydrogens (tertiary/aromatic N) is 4. The van der Waals surface area contributed by atoms with Gasteiger partial charge in [-0.3, -0.25) is 19.5 Å². The van der Waals surface area contributed by atoms with Crippen LogP contribution in [0.15, 0.2) is 60.8 Å². The zero-order chi connectivity index (χ0) is 28.8. The Labute approximate surface area is 238 Å². The van der Waals surface area contributed by atoms with E-state index in [9.17, 15) is 18.4 Å². The highest BCUT2D eigenvalue weighted by Crippen LogP contribution is 2.25. The molecule has 7 nitrogen and oxygen atoms in total. The highest BCUT2D eigenvalue weighted by molar-refractivity contribution is 5.97. The first-order valence-electron chi connectivity index (χ1n) is 14.0. The van der Waals surface area contributed by atoms with E-state index in [2.05, 4.69) is 16.0 Å². The fraction of sp³-hybridized carbons (Fsp3) is 0.375. The van der Waals surface area contributed by atoms with Crippen molar-refractivity contribution in [3.05, 3.63) is 94.8 Å². The average Bonchev–Trinajstić information content (AvgIpc) is 3.00. The van der Waals surface area contributed by atoms with Gasteiger partial charge in [-0.05, 0) is 73.8 Å². The summed E-state index contributed by atoms with van der Waals surface area (Å²) in [5, 5.41) is 8.95. The number of ether oxygens (including phenoxy) is 1. The summed E-state index contributed by atoms with van der Waals surface area (Å²) < 4.78 is 32.3. The molecule has 2 aliphatic heterocycles. The molecule has 1 aromatic heterocycles. The molecule has 2 aromatic carbocycles. The first-order valence-corrected chi connectivity index (χ1v) is 14.0. The summed E-state index contributed by atoms with van der Waals surface area (Å²) in [5.74, 6) is -1.46. The van der Waals surface area contributed by atoms with Crippen LogP contribution >= 0.6 is 0 Å². The van der Waals surface area contributed by atoms with Crippen LogP contribution < -0.4 is 4.74 Å². The van der Waals surface area contributed by atoms with Crippen LogP contribution in [0.4, 0.5) is 8.78 Å². The minimum atomic E-state index is -0.953. The largest absolute Gasteiger partial charge is 0.490 e. The molecule has 41 heavy (non-hydrogen) atoms. The Morgan fingerprint density at radius 2 is 1.66 bits per heavy atom. The second-order valence-electron chi connectivity index (χ2n) is 10.8. The third kappa shape index (κ3) is 7.33. The summed E-state index contributed by atoms with van der Waals surface area (Å²) >= 11 is 0. The van der Waals surface area contributed by atoms with Crippen molar-refractivity contribution in [2.45, 2.75) is 44.8 Å². The van der Waals surface area contributed by atoms with Gasteiger partial charge in [0.05, 0.1) is 17.2 Å². The molecule has 5 rings (SSSR count). The van der Waals surface area contributed by atoms with Crippen molar-refractivity contribution in [3.8, 4) is 11.8 Å². The lowest BCUT2D eigenvalue weighted by Gasteiger charge is -2.32. The van der Waals surface area contributed by atoms with Crippen LogP contribution in [0.25, 0.3) is 0 Å². The SMILES string of the molecule is N#Cc1ccc(CN2CCC(CC(=O)c3ccc(C(=O)N4CCC(Oc5ccc(F)c(F)c5)CC4)cn3)CC2)cc1. The van der Waals surface area contributed by atoms with Crippen molar-refractivity contribution in [2.75, 3.05) is 26.2 Å². The minimum absolute atomic E-state index is 0.00951. The molecule has 3 heterocycles. The van der Waals surface area contributed by atoms with Gasteiger partial charge in [0, 0.05) is 51.2 Å². The van der Waals surface area contributed by atoms with Crippen molar-refractivity contribution in [3.63, 3.8) is 0 Å². The molecule has 1 amide bonds.